The number of guanidine groups is 1. The molecule has 0 radical (unpaired) electrons. The van der Waals surface area contributed by atoms with Crippen LogP contribution in [0.15, 0.2) is 72.2 Å². The maximum absolute atomic E-state index is 10.5. The molecule has 0 amide bonds. The summed E-state index contributed by atoms with van der Waals surface area (Å²) in [5.41, 5.74) is 1.03. The van der Waals surface area contributed by atoms with Gasteiger partial charge in [0, 0.05) is 35.3 Å². The number of rotatable bonds is 8. The highest BCUT2D eigenvalue weighted by Gasteiger charge is 2.12. The molecule has 0 saturated heterocycles. The average molecular weight is 523 g/mol. The summed E-state index contributed by atoms with van der Waals surface area (Å²) in [5, 5.41) is 18.1. The van der Waals surface area contributed by atoms with Crippen molar-refractivity contribution < 1.29 is 9.84 Å². The number of ether oxygens (including phenoxy) is 1. The van der Waals surface area contributed by atoms with Gasteiger partial charge in [-0.15, -0.1) is 35.3 Å². The van der Waals surface area contributed by atoms with Crippen molar-refractivity contribution in [2.75, 3.05) is 20.2 Å². The van der Waals surface area contributed by atoms with E-state index in [-0.39, 0.29) is 24.0 Å². The summed E-state index contributed by atoms with van der Waals surface area (Å²) >= 11 is 1.61. The van der Waals surface area contributed by atoms with Crippen LogP contribution in [0, 0.1) is 0 Å². The number of nitrogens with zero attached hydrogens (tertiary/aromatic N) is 1. The maximum atomic E-state index is 10.5. The van der Waals surface area contributed by atoms with E-state index in [1.165, 1.54) is 4.70 Å². The first-order valence-corrected chi connectivity index (χ1v) is 9.95. The molecule has 3 rings (SSSR count). The number of para-hydroxylation sites is 1. The minimum atomic E-state index is -0.598. The lowest BCUT2D eigenvalue weighted by atomic mass is 10.2. The fourth-order valence-corrected chi connectivity index (χ4v) is 3.85. The lowest BCUT2D eigenvalue weighted by Crippen LogP contribution is -2.38. The van der Waals surface area contributed by atoms with Crippen molar-refractivity contribution in [1.82, 2.24) is 10.6 Å². The minimum absolute atomic E-state index is 0. The Morgan fingerprint density at radius 3 is 2.72 bits per heavy atom. The van der Waals surface area contributed by atoms with Crippen molar-refractivity contribution in [3.05, 3.63) is 77.7 Å². The van der Waals surface area contributed by atoms with E-state index in [0.717, 1.165) is 21.6 Å². The molecule has 0 aliphatic heterocycles. The molecule has 1 aromatic heterocycles. The van der Waals surface area contributed by atoms with Crippen molar-refractivity contribution >= 4 is 51.4 Å². The van der Waals surface area contributed by atoms with Gasteiger partial charge in [-0.05, 0) is 23.6 Å². The van der Waals surface area contributed by atoms with Crippen LogP contribution in [0.25, 0.3) is 10.1 Å². The van der Waals surface area contributed by atoms with E-state index in [9.17, 15) is 5.11 Å². The Balaban J connectivity index is 0.00000300. The normalized spacial score (nSPS) is 12.1. The number of aliphatic hydroxyl groups is 1. The molecule has 3 aromatic rings. The Morgan fingerprint density at radius 2 is 1.97 bits per heavy atom. The number of benzene rings is 2. The van der Waals surface area contributed by atoms with Gasteiger partial charge < -0.3 is 20.5 Å². The molecule has 2 aromatic carbocycles. The van der Waals surface area contributed by atoms with Crippen LogP contribution in [-0.2, 0) is 6.54 Å². The van der Waals surface area contributed by atoms with Crippen molar-refractivity contribution in [3.63, 3.8) is 0 Å². The van der Waals surface area contributed by atoms with E-state index in [4.69, 9.17) is 4.74 Å². The monoisotopic (exact) mass is 523 g/mol. The lowest BCUT2D eigenvalue weighted by molar-refractivity contribution is 0.184. The molecular formula is C22H26IN3O2S. The number of hydrogen-bond donors (Lipinski definition) is 3. The van der Waals surface area contributed by atoms with Gasteiger partial charge >= 0.3 is 0 Å². The third-order valence-corrected chi connectivity index (χ3v) is 5.45. The van der Waals surface area contributed by atoms with Crippen LogP contribution in [0.1, 0.15) is 16.5 Å². The number of fused-ring (bicyclic) bond motifs is 1. The van der Waals surface area contributed by atoms with Crippen LogP contribution in [-0.4, -0.2) is 31.3 Å². The van der Waals surface area contributed by atoms with Gasteiger partial charge in [-0.25, -0.2) is 0 Å². The number of hydrogen-bond acceptors (Lipinski definition) is 4. The van der Waals surface area contributed by atoms with Crippen molar-refractivity contribution in [2.24, 2.45) is 4.99 Å². The number of halogens is 1. The van der Waals surface area contributed by atoms with E-state index in [2.05, 4.69) is 34.3 Å². The molecule has 1 heterocycles. The molecule has 0 saturated carbocycles. The van der Waals surface area contributed by atoms with Gasteiger partial charge in [0.25, 0.3) is 0 Å². The Bertz CT molecular complexity index is 925. The smallest absolute Gasteiger partial charge is 0.191 e. The summed E-state index contributed by atoms with van der Waals surface area (Å²) in [7, 11) is 1.71. The first kappa shape index (κ1) is 23.2. The van der Waals surface area contributed by atoms with Crippen LogP contribution >= 0.6 is 35.3 Å². The topological polar surface area (TPSA) is 65.9 Å². The van der Waals surface area contributed by atoms with Crippen LogP contribution < -0.4 is 15.4 Å². The predicted octanol–water partition coefficient (Wildman–Crippen LogP) is 4.48. The van der Waals surface area contributed by atoms with Crippen molar-refractivity contribution in [2.45, 2.75) is 12.6 Å². The summed E-state index contributed by atoms with van der Waals surface area (Å²) in [6.45, 7) is 5.08. The predicted molar refractivity (Wildman–Crippen MR) is 133 cm³/mol. The van der Waals surface area contributed by atoms with Gasteiger partial charge in [0.15, 0.2) is 5.96 Å². The molecule has 1 atom stereocenters. The Kier molecular flexibility index (Phi) is 9.43. The van der Waals surface area contributed by atoms with Gasteiger partial charge in [0.1, 0.15) is 18.5 Å². The van der Waals surface area contributed by atoms with Crippen LogP contribution in [0.3, 0.4) is 0 Å². The van der Waals surface area contributed by atoms with E-state index >= 15 is 0 Å². The molecule has 29 heavy (non-hydrogen) atoms. The second-order valence-electron chi connectivity index (χ2n) is 6.22. The minimum Gasteiger partial charge on any atom is -0.489 e. The lowest BCUT2D eigenvalue weighted by Gasteiger charge is -2.16. The summed E-state index contributed by atoms with van der Waals surface area (Å²) in [6, 6.07) is 18.0. The highest BCUT2D eigenvalue weighted by molar-refractivity contribution is 14.0. The van der Waals surface area contributed by atoms with Crippen LogP contribution in [0.2, 0.25) is 0 Å². The Morgan fingerprint density at radius 1 is 1.21 bits per heavy atom. The standard InChI is InChI=1S/C22H25N3O2S.HI/c1-3-12-27-19-10-6-4-9-17(19)14-24-22(23-2)25-15-18(26)21-13-16-8-5-7-11-20(16)28-21;/h3-11,13,18,26H,1,12,14-15H2,2H3,(H2,23,24,25);1H. The van der Waals surface area contributed by atoms with Gasteiger partial charge in [-0.1, -0.05) is 49.1 Å². The molecule has 3 N–H and O–H groups in total. The van der Waals surface area contributed by atoms with Crippen LogP contribution in [0.4, 0.5) is 0 Å². The Labute approximate surface area is 192 Å². The zero-order chi connectivity index (χ0) is 19.8. The molecule has 5 nitrogen and oxygen atoms in total. The third kappa shape index (κ3) is 6.45. The summed E-state index contributed by atoms with van der Waals surface area (Å²) in [4.78, 5) is 5.17. The molecule has 0 fully saturated rings. The first-order valence-electron chi connectivity index (χ1n) is 9.14. The number of thiophene rings is 1. The van der Waals surface area contributed by atoms with E-state index < -0.39 is 6.10 Å². The van der Waals surface area contributed by atoms with Crippen LogP contribution in [0.5, 0.6) is 5.75 Å². The molecule has 0 bridgehead atoms. The number of aliphatic imine (C=N–C) groups is 1. The van der Waals surface area contributed by atoms with Gasteiger partial charge in [0.2, 0.25) is 0 Å². The SMILES string of the molecule is C=CCOc1ccccc1CNC(=NC)NCC(O)c1cc2ccccc2s1.I. The number of aliphatic hydroxyl groups excluding tert-OH is 1. The summed E-state index contributed by atoms with van der Waals surface area (Å²) in [5.74, 6) is 1.44. The zero-order valence-electron chi connectivity index (χ0n) is 16.3. The van der Waals surface area contributed by atoms with E-state index in [1.54, 1.807) is 24.5 Å². The molecular weight excluding hydrogens is 497 g/mol. The molecule has 0 spiro atoms. The molecule has 0 aliphatic carbocycles. The molecule has 154 valence electrons. The number of nitrogens with one attached hydrogen (secondary N) is 2. The highest BCUT2D eigenvalue weighted by Crippen LogP contribution is 2.29. The fraction of sp³-hybridized carbons (Fsp3) is 0.227. The summed E-state index contributed by atoms with van der Waals surface area (Å²) in [6.07, 6.45) is 1.12. The molecule has 0 aliphatic rings. The van der Waals surface area contributed by atoms with Crippen molar-refractivity contribution in [1.29, 1.82) is 0 Å². The highest BCUT2D eigenvalue weighted by atomic mass is 127. The van der Waals surface area contributed by atoms with Gasteiger partial charge in [0.05, 0.1) is 0 Å². The van der Waals surface area contributed by atoms with Gasteiger partial charge in [-0.2, -0.15) is 0 Å². The largest absolute Gasteiger partial charge is 0.489 e. The third-order valence-electron chi connectivity index (χ3n) is 4.24. The first-order chi connectivity index (χ1) is 13.7. The zero-order valence-corrected chi connectivity index (χ0v) is 19.4. The quantitative estimate of drug-likeness (QED) is 0.176. The van der Waals surface area contributed by atoms with Gasteiger partial charge in [-0.3, -0.25) is 4.99 Å². The maximum Gasteiger partial charge on any atom is 0.191 e. The second kappa shape index (κ2) is 11.8. The Hall–Kier alpha value is -2.10. The second-order valence-corrected chi connectivity index (χ2v) is 7.33. The molecule has 7 heteroatoms. The fourth-order valence-electron chi connectivity index (χ4n) is 2.80. The average Bonchev–Trinajstić information content (AvgIpc) is 3.17. The summed E-state index contributed by atoms with van der Waals surface area (Å²) < 4.78 is 6.86. The van der Waals surface area contributed by atoms with Crippen molar-refractivity contribution in [3.8, 4) is 5.75 Å². The van der Waals surface area contributed by atoms with E-state index in [0.29, 0.717) is 25.7 Å². The van der Waals surface area contributed by atoms with E-state index in [1.807, 2.05) is 42.5 Å². The molecule has 1 unspecified atom stereocenters.